The summed E-state index contributed by atoms with van der Waals surface area (Å²) in [5.74, 6) is 1.89. The minimum Gasteiger partial charge on any atom is -0.496 e. The molecule has 1 aromatic heterocycles. The van der Waals surface area contributed by atoms with Crippen molar-refractivity contribution in [3.63, 3.8) is 0 Å². The highest BCUT2D eigenvalue weighted by Gasteiger charge is 2.19. The molecule has 1 aliphatic rings. The Kier molecular flexibility index (Phi) is 9.58. The molecule has 0 radical (unpaired) electrons. The molecule has 0 aliphatic heterocycles. The molecule has 0 N–H and O–H groups in total. The third kappa shape index (κ3) is 6.56. The minimum atomic E-state index is 0.859. The summed E-state index contributed by atoms with van der Waals surface area (Å²) in [5.41, 5.74) is 8.69. The molecule has 0 bridgehead atoms. The van der Waals surface area contributed by atoms with Gasteiger partial charge in [0, 0.05) is 36.0 Å². The number of rotatable bonds is 12. The summed E-state index contributed by atoms with van der Waals surface area (Å²) in [6.45, 7) is 9.52. The van der Waals surface area contributed by atoms with Crippen molar-refractivity contribution in [2.45, 2.75) is 85.2 Å². The van der Waals surface area contributed by atoms with Crippen molar-refractivity contribution in [3.05, 3.63) is 82.5 Å². The van der Waals surface area contributed by atoms with Gasteiger partial charge in [-0.15, -0.1) is 0 Å². The second-order valence-electron chi connectivity index (χ2n) is 10.4. The van der Waals surface area contributed by atoms with Gasteiger partial charge in [0.1, 0.15) is 5.75 Å². The average molecular weight is 485 g/mol. The summed E-state index contributed by atoms with van der Waals surface area (Å²) < 4.78 is 6.01. The van der Waals surface area contributed by atoms with E-state index < -0.39 is 0 Å². The Morgan fingerprint density at radius 1 is 0.917 bits per heavy atom. The molecule has 0 amide bonds. The number of aryl methyl sites for hydroxylation is 3. The zero-order valence-electron chi connectivity index (χ0n) is 22.9. The summed E-state index contributed by atoms with van der Waals surface area (Å²) in [7, 11) is 1.80. The molecule has 1 aliphatic carbocycles. The summed E-state index contributed by atoms with van der Waals surface area (Å²) in [6, 6.07) is 19.7. The second kappa shape index (κ2) is 13.1. The van der Waals surface area contributed by atoms with E-state index in [-0.39, 0.29) is 0 Å². The van der Waals surface area contributed by atoms with Crippen molar-refractivity contribution >= 4 is 0 Å². The Morgan fingerprint density at radius 3 is 2.25 bits per heavy atom. The van der Waals surface area contributed by atoms with Crippen molar-refractivity contribution in [1.82, 2.24) is 9.88 Å². The number of nitrogens with zero attached hydrogens (tertiary/aromatic N) is 2. The number of pyridine rings is 1. The fourth-order valence-corrected chi connectivity index (χ4v) is 5.93. The van der Waals surface area contributed by atoms with E-state index in [4.69, 9.17) is 9.72 Å². The molecule has 0 unspecified atom stereocenters. The van der Waals surface area contributed by atoms with Crippen molar-refractivity contribution in [1.29, 1.82) is 0 Å². The van der Waals surface area contributed by atoms with Gasteiger partial charge >= 0.3 is 0 Å². The van der Waals surface area contributed by atoms with Crippen molar-refractivity contribution in [2.24, 2.45) is 5.92 Å². The largest absolute Gasteiger partial charge is 0.496 e. The van der Waals surface area contributed by atoms with E-state index >= 15 is 0 Å². The fraction of sp³-hybridized carbons (Fsp3) is 0.485. The van der Waals surface area contributed by atoms with Crippen LogP contribution >= 0.6 is 0 Å². The molecule has 3 heteroatoms. The van der Waals surface area contributed by atoms with Crippen LogP contribution in [0.3, 0.4) is 0 Å². The van der Waals surface area contributed by atoms with Crippen molar-refractivity contribution < 1.29 is 4.74 Å². The van der Waals surface area contributed by atoms with Gasteiger partial charge in [-0.25, -0.2) is 0 Å². The lowest BCUT2D eigenvalue weighted by Crippen LogP contribution is -2.25. The monoisotopic (exact) mass is 484 g/mol. The highest BCUT2D eigenvalue weighted by Crippen LogP contribution is 2.34. The minimum absolute atomic E-state index is 0.859. The SMILES string of the molecule is CCc1cccc(CC)c1-c1cc(OC)c(CN(CCCC2CCCC2)Cc2ccccc2)c(C)n1. The van der Waals surface area contributed by atoms with Crippen LogP contribution in [0.4, 0.5) is 0 Å². The Hall–Kier alpha value is -2.65. The molecule has 1 saturated carbocycles. The molecule has 192 valence electrons. The zero-order chi connectivity index (χ0) is 25.3. The molecule has 36 heavy (non-hydrogen) atoms. The maximum absolute atomic E-state index is 6.01. The first-order valence-corrected chi connectivity index (χ1v) is 14.0. The van der Waals surface area contributed by atoms with Gasteiger partial charge in [0.2, 0.25) is 0 Å². The van der Waals surface area contributed by atoms with Gasteiger partial charge in [-0.05, 0) is 61.8 Å². The number of hydrogen-bond donors (Lipinski definition) is 0. The number of aromatic nitrogens is 1. The summed E-state index contributed by atoms with van der Waals surface area (Å²) >= 11 is 0. The molecule has 0 saturated heterocycles. The second-order valence-corrected chi connectivity index (χ2v) is 10.4. The molecule has 2 aromatic carbocycles. The van der Waals surface area contributed by atoms with E-state index in [0.717, 1.165) is 55.5 Å². The Balaban J connectivity index is 1.60. The van der Waals surface area contributed by atoms with E-state index in [9.17, 15) is 0 Å². The lowest BCUT2D eigenvalue weighted by atomic mass is 9.94. The maximum Gasteiger partial charge on any atom is 0.127 e. The van der Waals surface area contributed by atoms with Crippen LogP contribution in [0.25, 0.3) is 11.3 Å². The first kappa shape index (κ1) is 26.4. The molecule has 4 rings (SSSR count). The third-order valence-corrected chi connectivity index (χ3v) is 7.96. The van der Waals surface area contributed by atoms with Crippen molar-refractivity contribution in [3.8, 4) is 17.0 Å². The third-order valence-electron chi connectivity index (χ3n) is 7.96. The summed E-state index contributed by atoms with van der Waals surface area (Å²) in [5, 5.41) is 0. The van der Waals surface area contributed by atoms with E-state index in [2.05, 4.69) is 80.3 Å². The molecule has 1 fully saturated rings. The quantitative estimate of drug-likeness (QED) is 0.259. The standard InChI is InChI=1S/C33H44N2O/c1-5-28-19-12-20-29(6-2)33(28)31-22-32(36-4)30(25(3)34-31)24-35(23-27-16-8-7-9-17-27)21-13-18-26-14-10-11-15-26/h7-9,12,16-17,19-20,22,26H,5-6,10-11,13-15,18,21,23-24H2,1-4H3. The average Bonchev–Trinajstić information content (AvgIpc) is 3.43. The summed E-state index contributed by atoms with van der Waals surface area (Å²) in [6.07, 6.45) is 10.3. The van der Waals surface area contributed by atoms with E-state index in [1.807, 2.05) is 0 Å². The Bertz CT molecular complexity index is 1080. The van der Waals surface area contributed by atoms with Crippen LogP contribution in [0, 0.1) is 12.8 Å². The molecule has 0 spiro atoms. The number of methoxy groups -OCH3 is 1. The number of benzene rings is 2. The molecule has 0 atom stereocenters. The highest BCUT2D eigenvalue weighted by molar-refractivity contribution is 5.70. The van der Waals surface area contributed by atoms with E-state index in [0.29, 0.717) is 0 Å². The van der Waals surface area contributed by atoms with Crippen LogP contribution < -0.4 is 4.74 Å². The Labute approximate surface area is 218 Å². The molecule has 1 heterocycles. The molecule has 3 nitrogen and oxygen atoms in total. The molecular weight excluding hydrogens is 440 g/mol. The van der Waals surface area contributed by atoms with Crippen LogP contribution in [0.5, 0.6) is 5.75 Å². The topological polar surface area (TPSA) is 25.4 Å². The normalized spacial score (nSPS) is 14.0. The lowest BCUT2D eigenvalue weighted by molar-refractivity contribution is 0.240. The molecule has 3 aromatic rings. The van der Waals surface area contributed by atoms with E-state index in [1.165, 1.54) is 66.3 Å². The van der Waals surface area contributed by atoms with Crippen LogP contribution in [-0.4, -0.2) is 23.5 Å². The predicted octanol–water partition coefficient (Wildman–Crippen LogP) is 8.16. The maximum atomic E-state index is 6.01. The predicted molar refractivity (Wildman–Crippen MR) is 151 cm³/mol. The highest BCUT2D eigenvalue weighted by atomic mass is 16.5. The van der Waals surface area contributed by atoms with Gasteiger partial charge in [-0.2, -0.15) is 0 Å². The lowest BCUT2D eigenvalue weighted by Gasteiger charge is -2.25. The van der Waals surface area contributed by atoms with Gasteiger partial charge < -0.3 is 4.74 Å². The van der Waals surface area contributed by atoms with Gasteiger partial charge in [0.05, 0.1) is 12.8 Å². The van der Waals surface area contributed by atoms with Crippen LogP contribution in [0.15, 0.2) is 54.6 Å². The van der Waals surface area contributed by atoms with Crippen LogP contribution in [-0.2, 0) is 25.9 Å². The van der Waals surface area contributed by atoms with Crippen LogP contribution in [0.1, 0.15) is 80.3 Å². The smallest absolute Gasteiger partial charge is 0.127 e. The first-order chi connectivity index (χ1) is 17.6. The van der Waals surface area contributed by atoms with Crippen LogP contribution in [0.2, 0.25) is 0 Å². The number of ether oxygens (including phenoxy) is 1. The number of hydrogen-bond acceptors (Lipinski definition) is 3. The van der Waals surface area contributed by atoms with E-state index in [1.54, 1.807) is 7.11 Å². The Morgan fingerprint density at radius 2 is 1.61 bits per heavy atom. The zero-order valence-corrected chi connectivity index (χ0v) is 22.9. The fourth-order valence-electron chi connectivity index (χ4n) is 5.93. The van der Waals surface area contributed by atoms with Gasteiger partial charge in [0.25, 0.3) is 0 Å². The van der Waals surface area contributed by atoms with Crippen molar-refractivity contribution in [2.75, 3.05) is 13.7 Å². The van der Waals surface area contributed by atoms with Gasteiger partial charge in [-0.3, -0.25) is 9.88 Å². The van der Waals surface area contributed by atoms with Gasteiger partial charge in [0.15, 0.2) is 0 Å². The molecular formula is C33H44N2O. The summed E-state index contributed by atoms with van der Waals surface area (Å²) in [4.78, 5) is 7.76. The van der Waals surface area contributed by atoms with Gasteiger partial charge in [-0.1, -0.05) is 88.1 Å². The first-order valence-electron chi connectivity index (χ1n) is 14.0.